The van der Waals surface area contributed by atoms with Crippen molar-refractivity contribution >= 4 is 0 Å². The van der Waals surface area contributed by atoms with E-state index in [1.54, 1.807) is 0 Å². The van der Waals surface area contributed by atoms with Gasteiger partial charge >= 0.3 is 0 Å². The molecule has 0 atom stereocenters. The van der Waals surface area contributed by atoms with Crippen molar-refractivity contribution in [3.05, 3.63) is 22.5 Å². The number of hydrogen-bond acceptors (Lipinski definition) is 3. The zero-order valence-electron chi connectivity index (χ0n) is 8.46. The molecule has 4 heteroatoms. The van der Waals surface area contributed by atoms with E-state index in [4.69, 9.17) is 15.8 Å². The molecule has 0 aromatic carbocycles. The summed E-state index contributed by atoms with van der Waals surface area (Å²) in [4.78, 5) is 3.06. The van der Waals surface area contributed by atoms with E-state index in [-0.39, 0.29) is 19.3 Å². The summed E-state index contributed by atoms with van der Waals surface area (Å²) in [5.41, 5.74) is 3.33. The fourth-order valence-electron chi connectivity index (χ4n) is 1.63. The van der Waals surface area contributed by atoms with Gasteiger partial charge in [-0.2, -0.15) is 15.8 Å². The second kappa shape index (κ2) is 4.84. The van der Waals surface area contributed by atoms with E-state index in [9.17, 15) is 0 Å². The molecule has 4 nitrogen and oxygen atoms in total. The molecule has 0 aliphatic carbocycles. The topological polar surface area (TPSA) is 87.2 Å². The van der Waals surface area contributed by atoms with Crippen molar-refractivity contribution in [3.8, 4) is 18.2 Å². The molecule has 15 heavy (non-hydrogen) atoms. The highest BCUT2D eigenvalue weighted by Gasteiger charge is 2.13. The van der Waals surface area contributed by atoms with Crippen molar-refractivity contribution in [2.24, 2.45) is 0 Å². The van der Waals surface area contributed by atoms with Crippen molar-refractivity contribution < 1.29 is 0 Å². The number of rotatable bonds is 3. The molecule has 0 radical (unpaired) electrons. The van der Waals surface area contributed by atoms with E-state index in [0.29, 0.717) is 0 Å². The Morgan fingerprint density at radius 2 is 1.47 bits per heavy atom. The average molecular weight is 198 g/mol. The van der Waals surface area contributed by atoms with E-state index < -0.39 is 0 Å². The predicted molar refractivity (Wildman–Crippen MR) is 53.5 cm³/mol. The molecule has 0 unspecified atom stereocenters. The molecule has 0 amide bonds. The van der Waals surface area contributed by atoms with Crippen LogP contribution in [0.3, 0.4) is 0 Å². The zero-order chi connectivity index (χ0) is 11.3. The van der Waals surface area contributed by atoms with Gasteiger partial charge in [0.2, 0.25) is 0 Å². The number of aromatic amines is 1. The molecule has 1 aromatic heterocycles. The Morgan fingerprint density at radius 1 is 0.933 bits per heavy atom. The lowest BCUT2D eigenvalue weighted by Crippen LogP contribution is -1.93. The van der Waals surface area contributed by atoms with Gasteiger partial charge in [0.25, 0.3) is 0 Å². The number of nitrogens with one attached hydrogen (secondary N) is 1. The fraction of sp³-hybridized carbons (Fsp3) is 0.364. The number of nitriles is 3. The summed E-state index contributed by atoms with van der Waals surface area (Å²) in [5.74, 6) is 0. The quantitative estimate of drug-likeness (QED) is 0.798. The molecule has 0 fully saturated rings. The van der Waals surface area contributed by atoms with Crippen LogP contribution in [0, 0.1) is 40.9 Å². The van der Waals surface area contributed by atoms with Crippen molar-refractivity contribution in [2.45, 2.75) is 26.2 Å². The highest BCUT2D eigenvalue weighted by Crippen LogP contribution is 2.20. The molecular formula is C11H10N4. The summed E-state index contributed by atoms with van der Waals surface area (Å²) < 4.78 is 0. The van der Waals surface area contributed by atoms with Crippen molar-refractivity contribution in [3.63, 3.8) is 0 Å². The number of aromatic nitrogens is 1. The minimum absolute atomic E-state index is 0.248. The van der Waals surface area contributed by atoms with Gasteiger partial charge in [-0.25, -0.2) is 0 Å². The molecule has 1 aromatic rings. The fourth-order valence-corrected chi connectivity index (χ4v) is 1.63. The van der Waals surface area contributed by atoms with Crippen molar-refractivity contribution in [1.29, 1.82) is 15.8 Å². The van der Waals surface area contributed by atoms with Crippen LogP contribution in [-0.4, -0.2) is 4.98 Å². The molecule has 0 aliphatic rings. The van der Waals surface area contributed by atoms with E-state index in [1.807, 2.05) is 13.0 Å². The lowest BCUT2D eigenvalue weighted by Gasteiger charge is -1.97. The third-order valence-corrected chi connectivity index (χ3v) is 2.29. The number of H-pyrrole nitrogens is 1. The highest BCUT2D eigenvalue weighted by molar-refractivity contribution is 5.41. The Morgan fingerprint density at radius 3 is 2.00 bits per heavy atom. The van der Waals surface area contributed by atoms with Gasteiger partial charge in [-0.1, -0.05) is 0 Å². The van der Waals surface area contributed by atoms with Crippen LogP contribution >= 0.6 is 0 Å². The van der Waals surface area contributed by atoms with E-state index >= 15 is 0 Å². The Bertz CT molecular complexity index is 476. The van der Waals surface area contributed by atoms with Crippen LogP contribution in [0.25, 0.3) is 0 Å². The van der Waals surface area contributed by atoms with Crippen LogP contribution in [0.2, 0.25) is 0 Å². The first-order valence-corrected chi connectivity index (χ1v) is 4.54. The van der Waals surface area contributed by atoms with Gasteiger partial charge in [-0.3, -0.25) is 0 Å². The SMILES string of the molecule is Cc1[nH]c(CC#N)c(CC#N)c1CC#N. The second-order valence-electron chi connectivity index (χ2n) is 3.19. The van der Waals surface area contributed by atoms with Crippen LogP contribution in [0.1, 0.15) is 22.5 Å². The first kappa shape index (κ1) is 10.8. The summed E-state index contributed by atoms with van der Waals surface area (Å²) in [5, 5.41) is 26.0. The average Bonchev–Trinajstić information content (AvgIpc) is 2.48. The van der Waals surface area contributed by atoms with Crippen LogP contribution in [0.5, 0.6) is 0 Å². The van der Waals surface area contributed by atoms with Gasteiger partial charge < -0.3 is 4.98 Å². The van der Waals surface area contributed by atoms with Gasteiger partial charge in [0.05, 0.1) is 37.5 Å². The molecule has 0 saturated heterocycles. The summed E-state index contributed by atoms with van der Waals surface area (Å²) in [6.45, 7) is 1.86. The van der Waals surface area contributed by atoms with Gasteiger partial charge in [0.15, 0.2) is 0 Å². The summed E-state index contributed by atoms with van der Waals surface area (Å²) >= 11 is 0. The number of nitrogens with zero attached hydrogens (tertiary/aromatic N) is 3. The normalized spacial score (nSPS) is 8.93. The molecule has 1 rings (SSSR count). The lowest BCUT2D eigenvalue weighted by molar-refractivity contribution is 1.08. The molecule has 0 saturated carbocycles. The standard InChI is InChI=1S/C11H10N4/c1-8-9(2-5-12)10(3-6-13)11(15-8)4-7-14/h15H,2-4H2,1H3. The Hall–Kier alpha value is -2.25. The van der Waals surface area contributed by atoms with E-state index in [1.165, 1.54) is 0 Å². The molecular weight excluding hydrogens is 188 g/mol. The van der Waals surface area contributed by atoms with Crippen LogP contribution in [0.15, 0.2) is 0 Å². The molecule has 0 aliphatic heterocycles. The maximum Gasteiger partial charge on any atom is 0.0755 e. The van der Waals surface area contributed by atoms with Crippen molar-refractivity contribution in [1.82, 2.24) is 4.98 Å². The number of hydrogen-bond donors (Lipinski definition) is 1. The van der Waals surface area contributed by atoms with Gasteiger partial charge in [0.1, 0.15) is 0 Å². The molecule has 74 valence electrons. The maximum atomic E-state index is 8.68. The van der Waals surface area contributed by atoms with E-state index in [0.717, 1.165) is 22.5 Å². The van der Waals surface area contributed by atoms with Crippen LogP contribution in [0.4, 0.5) is 0 Å². The maximum absolute atomic E-state index is 8.68. The monoisotopic (exact) mass is 198 g/mol. The van der Waals surface area contributed by atoms with Gasteiger partial charge in [-0.15, -0.1) is 0 Å². The Balaban J connectivity index is 3.21. The minimum atomic E-state index is 0.248. The molecule has 0 spiro atoms. The third kappa shape index (κ3) is 2.16. The first-order valence-electron chi connectivity index (χ1n) is 4.54. The second-order valence-corrected chi connectivity index (χ2v) is 3.19. The predicted octanol–water partition coefficient (Wildman–Crippen LogP) is 1.52. The smallest absolute Gasteiger partial charge is 0.0755 e. The molecule has 0 bridgehead atoms. The van der Waals surface area contributed by atoms with Crippen molar-refractivity contribution in [2.75, 3.05) is 0 Å². The number of aryl methyl sites for hydroxylation is 1. The minimum Gasteiger partial charge on any atom is -0.361 e. The van der Waals surface area contributed by atoms with E-state index in [2.05, 4.69) is 17.1 Å². The zero-order valence-corrected chi connectivity index (χ0v) is 8.46. The summed E-state index contributed by atoms with van der Waals surface area (Å²) in [6, 6.07) is 6.16. The molecule has 1 heterocycles. The third-order valence-electron chi connectivity index (χ3n) is 2.29. The molecule has 1 N–H and O–H groups in total. The summed E-state index contributed by atoms with van der Waals surface area (Å²) in [7, 11) is 0. The lowest BCUT2D eigenvalue weighted by atomic mass is 10.0. The van der Waals surface area contributed by atoms with Gasteiger partial charge in [-0.05, 0) is 18.1 Å². The van der Waals surface area contributed by atoms with Crippen LogP contribution < -0.4 is 0 Å². The highest BCUT2D eigenvalue weighted by atomic mass is 14.7. The van der Waals surface area contributed by atoms with Crippen LogP contribution in [-0.2, 0) is 19.3 Å². The Kier molecular flexibility index (Phi) is 3.49. The largest absolute Gasteiger partial charge is 0.361 e. The first-order chi connectivity index (χ1) is 7.24. The summed E-state index contributed by atoms with van der Waals surface area (Å²) in [6.07, 6.45) is 0.784. The van der Waals surface area contributed by atoms with Gasteiger partial charge in [0, 0.05) is 11.4 Å². The Labute approximate surface area is 88.4 Å².